The van der Waals surface area contributed by atoms with Crippen molar-refractivity contribution in [3.63, 3.8) is 0 Å². The summed E-state index contributed by atoms with van der Waals surface area (Å²) in [6, 6.07) is 5.30. The first-order valence-electron chi connectivity index (χ1n) is 8.21. The number of rotatable bonds is 1. The Hall–Kier alpha value is -2.50. The fourth-order valence-corrected chi connectivity index (χ4v) is 2.30. The molecule has 0 aliphatic rings. The van der Waals surface area contributed by atoms with Crippen LogP contribution in [-0.4, -0.2) is 28.4 Å². The van der Waals surface area contributed by atoms with Crippen LogP contribution in [-0.2, 0) is 9.47 Å². The molecule has 2 aromatic rings. The molecule has 0 bridgehead atoms. The number of anilines is 1. The highest BCUT2D eigenvalue weighted by molar-refractivity contribution is 6.10. The number of aryl methyl sites for hydroxylation is 1. The number of ether oxygens (including phenoxy) is 2. The predicted molar refractivity (Wildman–Crippen MR) is 98.0 cm³/mol. The highest BCUT2D eigenvalue weighted by atomic mass is 16.6. The number of carbonyl (C=O) groups is 2. The minimum atomic E-state index is -0.774. The van der Waals surface area contributed by atoms with Crippen LogP contribution in [0.1, 0.15) is 47.1 Å². The molecule has 25 heavy (non-hydrogen) atoms. The third kappa shape index (κ3) is 4.75. The maximum absolute atomic E-state index is 12.6. The summed E-state index contributed by atoms with van der Waals surface area (Å²) >= 11 is 0. The summed E-state index contributed by atoms with van der Waals surface area (Å²) in [4.78, 5) is 29.3. The number of hydrogen-bond donors (Lipinski definition) is 1. The van der Waals surface area contributed by atoms with E-state index in [9.17, 15) is 9.59 Å². The van der Waals surface area contributed by atoms with Crippen LogP contribution in [0.2, 0.25) is 0 Å². The van der Waals surface area contributed by atoms with Crippen molar-refractivity contribution < 1.29 is 19.1 Å². The average molecular weight is 346 g/mol. The zero-order valence-corrected chi connectivity index (χ0v) is 15.9. The van der Waals surface area contributed by atoms with Crippen molar-refractivity contribution in [3.05, 3.63) is 30.0 Å². The van der Waals surface area contributed by atoms with E-state index in [1.54, 1.807) is 53.7 Å². The quantitative estimate of drug-likeness (QED) is 0.775. The highest BCUT2D eigenvalue weighted by Crippen LogP contribution is 2.26. The van der Waals surface area contributed by atoms with E-state index in [-0.39, 0.29) is 0 Å². The van der Waals surface area contributed by atoms with E-state index in [2.05, 4.69) is 4.98 Å². The van der Waals surface area contributed by atoms with E-state index in [0.29, 0.717) is 5.69 Å². The number of amides is 2. The standard InChI is InChI=1S/C19H26N2O4/c1-12-11-20-15-10-13(8-9-14(12)15)21(16(22)24-18(2,3)4)17(23)25-19(5,6)7/h8-11,20H,1-7H3. The molecule has 0 fully saturated rings. The number of fused-ring (bicyclic) bond motifs is 1. The third-order valence-corrected chi connectivity index (χ3v) is 3.28. The fraction of sp³-hybridized carbons (Fsp3) is 0.474. The van der Waals surface area contributed by atoms with Crippen LogP contribution in [0, 0.1) is 6.92 Å². The van der Waals surface area contributed by atoms with Gasteiger partial charge in [0.25, 0.3) is 0 Å². The van der Waals surface area contributed by atoms with Gasteiger partial charge in [-0.05, 0) is 66.2 Å². The van der Waals surface area contributed by atoms with Gasteiger partial charge in [-0.1, -0.05) is 6.07 Å². The Labute approximate surface area is 148 Å². The number of imide groups is 1. The van der Waals surface area contributed by atoms with Crippen molar-refractivity contribution in [2.24, 2.45) is 0 Å². The van der Waals surface area contributed by atoms with Crippen LogP contribution >= 0.6 is 0 Å². The van der Waals surface area contributed by atoms with Gasteiger partial charge in [0, 0.05) is 17.1 Å². The molecule has 1 aromatic heterocycles. The van der Waals surface area contributed by atoms with E-state index in [1.807, 2.05) is 19.2 Å². The lowest BCUT2D eigenvalue weighted by Crippen LogP contribution is -2.43. The molecule has 0 aliphatic heterocycles. The highest BCUT2D eigenvalue weighted by Gasteiger charge is 2.32. The number of H-pyrrole nitrogens is 1. The van der Waals surface area contributed by atoms with Crippen LogP contribution in [0.15, 0.2) is 24.4 Å². The van der Waals surface area contributed by atoms with Crippen molar-refractivity contribution in [2.75, 3.05) is 4.90 Å². The van der Waals surface area contributed by atoms with Gasteiger partial charge in [0.2, 0.25) is 0 Å². The molecule has 136 valence electrons. The lowest BCUT2D eigenvalue weighted by Gasteiger charge is -2.28. The van der Waals surface area contributed by atoms with Gasteiger partial charge in [0.15, 0.2) is 0 Å². The minimum absolute atomic E-state index is 0.387. The maximum atomic E-state index is 12.6. The first kappa shape index (κ1) is 18.8. The van der Waals surface area contributed by atoms with Crippen LogP contribution < -0.4 is 4.90 Å². The van der Waals surface area contributed by atoms with Gasteiger partial charge >= 0.3 is 12.2 Å². The molecule has 0 unspecified atom stereocenters. The molecule has 1 aromatic carbocycles. The van der Waals surface area contributed by atoms with Gasteiger partial charge in [0.05, 0.1) is 5.69 Å². The Morgan fingerprint density at radius 2 is 1.48 bits per heavy atom. The van der Waals surface area contributed by atoms with Crippen LogP contribution in [0.3, 0.4) is 0 Å². The molecule has 2 rings (SSSR count). The summed E-state index contributed by atoms with van der Waals surface area (Å²) in [5.41, 5.74) is 0.835. The molecule has 0 atom stereocenters. The molecule has 0 saturated heterocycles. The van der Waals surface area contributed by atoms with Crippen molar-refractivity contribution in [1.82, 2.24) is 4.98 Å². The lowest BCUT2D eigenvalue weighted by atomic mass is 10.1. The first-order valence-corrected chi connectivity index (χ1v) is 8.21. The first-order chi connectivity index (χ1) is 11.4. The molecule has 0 radical (unpaired) electrons. The summed E-state index contributed by atoms with van der Waals surface area (Å²) in [6.07, 6.45) is 0.327. The van der Waals surface area contributed by atoms with Crippen molar-refractivity contribution in [3.8, 4) is 0 Å². The van der Waals surface area contributed by atoms with E-state index in [0.717, 1.165) is 21.4 Å². The molecule has 1 N–H and O–H groups in total. The number of benzene rings is 1. The Morgan fingerprint density at radius 1 is 0.960 bits per heavy atom. The molecular formula is C19H26N2O4. The van der Waals surface area contributed by atoms with Crippen molar-refractivity contribution in [2.45, 2.75) is 59.7 Å². The van der Waals surface area contributed by atoms with Gasteiger partial charge < -0.3 is 14.5 Å². The Kier molecular flexibility index (Phi) is 4.84. The molecule has 0 spiro atoms. The molecule has 0 aliphatic carbocycles. The van der Waals surface area contributed by atoms with Gasteiger partial charge in [0.1, 0.15) is 11.2 Å². The smallest absolute Gasteiger partial charge is 0.424 e. The molecule has 0 saturated carbocycles. The Bertz CT molecular complexity index is 766. The summed E-state index contributed by atoms with van der Waals surface area (Å²) in [5, 5.41) is 1.03. The number of nitrogens with zero attached hydrogens (tertiary/aromatic N) is 1. The van der Waals surface area contributed by atoms with Crippen LogP contribution in [0.4, 0.5) is 15.3 Å². The number of hydrogen-bond acceptors (Lipinski definition) is 4. The van der Waals surface area contributed by atoms with Crippen LogP contribution in [0.5, 0.6) is 0 Å². The van der Waals surface area contributed by atoms with E-state index >= 15 is 0 Å². The topological polar surface area (TPSA) is 71.6 Å². The number of aromatic amines is 1. The second-order valence-electron chi connectivity index (χ2n) is 8.00. The number of nitrogens with one attached hydrogen (secondary N) is 1. The number of aromatic nitrogens is 1. The van der Waals surface area contributed by atoms with Crippen molar-refractivity contribution in [1.29, 1.82) is 0 Å². The summed E-state index contributed by atoms with van der Waals surface area (Å²) in [6.45, 7) is 12.5. The second kappa shape index (κ2) is 6.43. The third-order valence-electron chi connectivity index (χ3n) is 3.28. The second-order valence-corrected chi connectivity index (χ2v) is 8.00. The maximum Gasteiger partial charge on any atom is 0.424 e. The Balaban J connectivity index is 2.44. The minimum Gasteiger partial charge on any atom is -0.443 e. The molecular weight excluding hydrogens is 320 g/mol. The summed E-state index contributed by atoms with van der Waals surface area (Å²) < 4.78 is 10.8. The van der Waals surface area contributed by atoms with Gasteiger partial charge in [-0.25, -0.2) is 9.59 Å². The number of carbonyl (C=O) groups excluding carboxylic acids is 2. The SMILES string of the molecule is Cc1c[nH]c2cc(N(C(=O)OC(C)(C)C)C(=O)OC(C)(C)C)ccc12. The normalized spacial score (nSPS) is 12.1. The van der Waals surface area contributed by atoms with E-state index in [4.69, 9.17) is 9.47 Å². The summed E-state index contributed by atoms with van der Waals surface area (Å²) in [5.74, 6) is 0. The van der Waals surface area contributed by atoms with Gasteiger partial charge in [-0.2, -0.15) is 4.90 Å². The van der Waals surface area contributed by atoms with Crippen molar-refractivity contribution >= 4 is 28.8 Å². The van der Waals surface area contributed by atoms with E-state index in [1.165, 1.54) is 0 Å². The average Bonchev–Trinajstić information content (AvgIpc) is 2.76. The molecule has 6 nitrogen and oxygen atoms in total. The van der Waals surface area contributed by atoms with E-state index < -0.39 is 23.4 Å². The molecule has 6 heteroatoms. The lowest BCUT2D eigenvalue weighted by molar-refractivity contribution is 0.0431. The zero-order chi connectivity index (χ0) is 19.0. The Morgan fingerprint density at radius 3 is 1.96 bits per heavy atom. The van der Waals surface area contributed by atoms with Crippen LogP contribution in [0.25, 0.3) is 10.9 Å². The zero-order valence-electron chi connectivity index (χ0n) is 15.9. The largest absolute Gasteiger partial charge is 0.443 e. The van der Waals surface area contributed by atoms with Gasteiger partial charge in [-0.15, -0.1) is 0 Å². The molecule has 2 amide bonds. The monoisotopic (exact) mass is 346 g/mol. The van der Waals surface area contributed by atoms with Gasteiger partial charge in [-0.3, -0.25) is 0 Å². The summed E-state index contributed by atoms with van der Waals surface area (Å²) in [7, 11) is 0. The predicted octanol–water partition coefficient (Wildman–Crippen LogP) is 5.15. The fourth-order valence-electron chi connectivity index (χ4n) is 2.30. The molecule has 1 heterocycles.